The second-order valence-electron chi connectivity index (χ2n) is 2.80. The highest BCUT2D eigenvalue weighted by Crippen LogP contribution is 2.09. The van der Waals surface area contributed by atoms with Gasteiger partial charge in [0, 0.05) is 12.3 Å². The van der Waals surface area contributed by atoms with E-state index in [2.05, 4.69) is 0 Å². The Kier molecular flexibility index (Phi) is 2.47. The summed E-state index contributed by atoms with van der Waals surface area (Å²) in [5.74, 6) is 1.16. The van der Waals surface area contributed by atoms with Crippen LogP contribution in [0.4, 0.5) is 0 Å². The molecular formula is C9H12O2. The number of hydrogen-bond acceptors (Lipinski definition) is 2. The van der Waals surface area contributed by atoms with Gasteiger partial charge in [0.15, 0.2) is 0 Å². The molecule has 2 nitrogen and oxygen atoms in total. The van der Waals surface area contributed by atoms with Crippen molar-refractivity contribution in [3.63, 3.8) is 0 Å². The summed E-state index contributed by atoms with van der Waals surface area (Å²) in [6.45, 7) is 3.51. The normalized spacial score (nSPS) is 12.9. The molecule has 0 fully saturated rings. The molecule has 0 spiro atoms. The van der Waals surface area contributed by atoms with E-state index in [1.165, 1.54) is 0 Å². The van der Waals surface area contributed by atoms with Crippen molar-refractivity contribution in [3.8, 4) is 0 Å². The van der Waals surface area contributed by atoms with Crippen LogP contribution >= 0.6 is 0 Å². The van der Waals surface area contributed by atoms with E-state index in [4.69, 9.17) is 4.42 Å². The molecule has 11 heavy (non-hydrogen) atoms. The SMILES string of the molecule is CC(=O)[C@H](C)Cc1ccco1. The average molecular weight is 152 g/mol. The van der Waals surface area contributed by atoms with Gasteiger partial charge in [-0.2, -0.15) is 0 Å². The fraction of sp³-hybridized carbons (Fsp3) is 0.444. The molecule has 0 aromatic carbocycles. The summed E-state index contributed by atoms with van der Waals surface area (Å²) in [5, 5.41) is 0. The van der Waals surface area contributed by atoms with E-state index >= 15 is 0 Å². The smallest absolute Gasteiger partial charge is 0.133 e. The van der Waals surface area contributed by atoms with Crippen LogP contribution in [0.25, 0.3) is 0 Å². The lowest BCUT2D eigenvalue weighted by atomic mass is 10.0. The van der Waals surface area contributed by atoms with E-state index < -0.39 is 0 Å². The number of furan rings is 1. The molecular weight excluding hydrogens is 140 g/mol. The van der Waals surface area contributed by atoms with Crippen LogP contribution in [0.1, 0.15) is 19.6 Å². The highest BCUT2D eigenvalue weighted by atomic mass is 16.3. The Bertz CT molecular complexity index is 224. The van der Waals surface area contributed by atoms with Gasteiger partial charge in [0.25, 0.3) is 0 Å². The van der Waals surface area contributed by atoms with E-state index in [0.29, 0.717) is 6.42 Å². The average Bonchev–Trinajstić information content (AvgIpc) is 2.39. The first-order chi connectivity index (χ1) is 5.20. The predicted octanol–water partition coefficient (Wildman–Crippen LogP) is 2.05. The lowest BCUT2D eigenvalue weighted by Gasteiger charge is -2.02. The maximum Gasteiger partial charge on any atom is 0.133 e. The molecule has 0 N–H and O–H groups in total. The van der Waals surface area contributed by atoms with Crippen LogP contribution in [0.3, 0.4) is 0 Å². The quantitative estimate of drug-likeness (QED) is 0.663. The summed E-state index contributed by atoms with van der Waals surface area (Å²) in [7, 11) is 0. The summed E-state index contributed by atoms with van der Waals surface area (Å²) in [5.41, 5.74) is 0. The molecule has 0 unspecified atom stereocenters. The highest BCUT2D eigenvalue weighted by Gasteiger charge is 2.09. The van der Waals surface area contributed by atoms with Gasteiger partial charge in [0.1, 0.15) is 11.5 Å². The largest absolute Gasteiger partial charge is 0.469 e. The second-order valence-corrected chi connectivity index (χ2v) is 2.80. The van der Waals surface area contributed by atoms with Crippen LogP contribution in [0.15, 0.2) is 22.8 Å². The molecule has 0 radical (unpaired) electrons. The van der Waals surface area contributed by atoms with Gasteiger partial charge in [-0.3, -0.25) is 4.79 Å². The van der Waals surface area contributed by atoms with Gasteiger partial charge in [-0.1, -0.05) is 6.92 Å². The van der Waals surface area contributed by atoms with Crippen LogP contribution in [0.2, 0.25) is 0 Å². The molecule has 60 valence electrons. The molecule has 0 saturated heterocycles. The lowest BCUT2D eigenvalue weighted by molar-refractivity contribution is -0.120. The Balaban J connectivity index is 2.50. The maximum absolute atomic E-state index is 10.8. The van der Waals surface area contributed by atoms with Crippen molar-refractivity contribution in [2.75, 3.05) is 0 Å². The topological polar surface area (TPSA) is 30.2 Å². The summed E-state index contributed by atoms with van der Waals surface area (Å²) in [6.07, 6.45) is 2.34. The van der Waals surface area contributed by atoms with Gasteiger partial charge in [-0.05, 0) is 19.1 Å². The lowest BCUT2D eigenvalue weighted by Crippen LogP contribution is -2.08. The first-order valence-electron chi connectivity index (χ1n) is 3.73. The maximum atomic E-state index is 10.8. The van der Waals surface area contributed by atoms with E-state index in [1.807, 2.05) is 19.1 Å². The van der Waals surface area contributed by atoms with Crippen molar-refractivity contribution in [1.82, 2.24) is 0 Å². The molecule has 1 aromatic heterocycles. The molecule has 1 atom stereocenters. The molecule has 0 bridgehead atoms. The third-order valence-electron chi connectivity index (χ3n) is 1.78. The number of rotatable bonds is 3. The van der Waals surface area contributed by atoms with Gasteiger partial charge < -0.3 is 4.42 Å². The molecule has 1 heterocycles. The van der Waals surface area contributed by atoms with Crippen molar-refractivity contribution < 1.29 is 9.21 Å². The summed E-state index contributed by atoms with van der Waals surface area (Å²) in [6, 6.07) is 3.72. The van der Waals surface area contributed by atoms with Gasteiger partial charge in [-0.25, -0.2) is 0 Å². The Labute approximate surface area is 66.2 Å². The summed E-state index contributed by atoms with van der Waals surface area (Å²) < 4.78 is 5.10. The van der Waals surface area contributed by atoms with Crippen LogP contribution in [-0.4, -0.2) is 5.78 Å². The molecule has 0 saturated carbocycles. The minimum absolute atomic E-state index is 0.0705. The van der Waals surface area contributed by atoms with Crippen molar-refractivity contribution in [3.05, 3.63) is 24.2 Å². The van der Waals surface area contributed by atoms with Crippen LogP contribution in [0, 0.1) is 5.92 Å². The van der Waals surface area contributed by atoms with Gasteiger partial charge in [0.2, 0.25) is 0 Å². The van der Waals surface area contributed by atoms with E-state index in [-0.39, 0.29) is 11.7 Å². The highest BCUT2D eigenvalue weighted by molar-refractivity contribution is 5.78. The summed E-state index contributed by atoms with van der Waals surface area (Å²) in [4.78, 5) is 10.8. The Morgan fingerprint density at radius 2 is 2.45 bits per heavy atom. The molecule has 2 heteroatoms. The van der Waals surface area contributed by atoms with E-state index in [0.717, 1.165) is 5.76 Å². The molecule has 1 aromatic rings. The minimum Gasteiger partial charge on any atom is -0.469 e. The van der Waals surface area contributed by atoms with Crippen molar-refractivity contribution in [2.24, 2.45) is 5.92 Å². The van der Waals surface area contributed by atoms with Crippen molar-refractivity contribution in [1.29, 1.82) is 0 Å². The zero-order chi connectivity index (χ0) is 8.27. The first kappa shape index (κ1) is 8.05. The van der Waals surface area contributed by atoms with Gasteiger partial charge in [-0.15, -0.1) is 0 Å². The molecule has 1 rings (SSSR count). The molecule has 0 aliphatic rings. The second kappa shape index (κ2) is 3.37. The van der Waals surface area contributed by atoms with Gasteiger partial charge >= 0.3 is 0 Å². The van der Waals surface area contributed by atoms with Crippen LogP contribution < -0.4 is 0 Å². The fourth-order valence-corrected chi connectivity index (χ4v) is 0.874. The Morgan fingerprint density at radius 1 is 1.73 bits per heavy atom. The number of Topliss-reactive ketones (excluding diaryl/α,β-unsaturated/α-hetero) is 1. The fourth-order valence-electron chi connectivity index (χ4n) is 0.874. The predicted molar refractivity (Wildman–Crippen MR) is 42.3 cm³/mol. The Hall–Kier alpha value is -1.05. The van der Waals surface area contributed by atoms with Crippen LogP contribution in [-0.2, 0) is 11.2 Å². The number of carbonyl (C=O) groups excluding carboxylic acids is 1. The van der Waals surface area contributed by atoms with E-state index in [1.54, 1.807) is 13.2 Å². The number of carbonyl (C=O) groups is 1. The molecule has 0 amide bonds. The Morgan fingerprint density at radius 3 is 2.91 bits per heavy atom. The minimum atomic E-state index is 0.0705. The molecule has 0 aliphatic heterocycles. The third kappa shape index (κ3) is 2.22. The van der Waals surface area contributed by atoms with Gasteiger partial charge in [0.05, 0.1) is 6.26 Å². The monoisotopic (exact) mass is 152 g/mol. The summed E-state index contributed by atoms with van der Waals surface area (Å²) >= 11 is 0. The number of ketones is 1. The van der Waals surface area contributed by atoms with Crippen molar-refractivity contribution in [2.45, 2.75) is 20.3 Å². The van der Waals surface area contributed by atoms with Crippen LogP contribution in [0.5, 0.6) is 0 Å². The van der Waals surface area contributed by atoms with Crippen molar-refractivity contribution >= 4 is 5.78 Å². The van der Waals surface area contributed by atoms with E-state index in [9.17, 15) is 4.79 Å². The molecule has 0 aliphatic carbocycles. The zero-order valence-electron chi connectivity index (χ0n) is 6.83. The number of hydrogen-bond donors (Lipinski definition) is 0. The standard InChI is InChI=1S/C9H12O2/c1-7(8(2)10)6-9-4-3-5-11-9/h3-5,7H,6H2,1-2H3/t7-/m1/s1. The third-order valence-corrected chi connectivity index (χ3v) is 1.78. The zero-order valence-corrected chi connectivity index (χ0v) is 6.83. The first-order valence-corrected chi connectivity index (χ1v) is 3.73.